The zero-order valence-electron chi connectivity index (χ0n) is 15.9. The molecule has 2 atom stereocenters. The number of nitrogens with two attached hydrogens (primary N) is 1. The highest BCUT2D eigenvalue weighted by atomic mass is 16.7. The first kappa shape index (κ1) is 17.9. The number of carbonyl (C=O) groups excluding carboxylic acids is 1. The Kier molecular flexibility index (Phi) is 4.79. The Morgan fingerprint density at radius 3 is 2.81 bits per heavy atom. The Morgan fingerprint density at radius 2 is 2.04 bits per heavy atom. The lowest BCUT2D eigenvalue weighted by Crippen LogP contribution is -2.51. The number of hydrogen-bond donors (Lipinski definition) is 1. The lowest BCUT2D eigenvalue weighted by Gasteiger charge is -2.42. The molecule has 2 unspecified atom stereocenters. The first-order chi connectivity index (χ1) is 13.1. The number of rotatable bonds is 2. The zero-order valence-corrected chi connectivity index (χ0v) is 15.9. The van der Waals surface area contributed by atoms with E-state index in [2.05, 4.69) is 18.7 Å². The minimum absolute atomic E-state index is 0.00485. The van der Waals surface area contributed by atoms with E-state index in [1.54, 1.807) is 6.07 Å². The molecule has 4 bridgehead atoms. The van der Waals surface area contributed by atoms with E-state index < -0.39 is 0 Å². The number of carbonyl (C=O) groups is 1. The smallest absolute Gasteiger partial charge is 0.230 e. The summed E-state index contributed by atoms with van der Waals surface area (Å²) >= 11 is 0. The summed E-state index contributed by atoms with van der Waals surface area (Å²) < 4.78 is 11.7. The summed E-state index contributed by atoms with van der Waals surface area (Å²) in [5.74, 6) is 1.36. The quantitative estimate of drug-likeness (QED) is 0.874. The van der Waals surface area contributed by atoms with E-state index >= 15 is 0 Å². The predicted molar refractivity (Wildman–Crippen MR) is 106 cm³/mol. The molecule has 0 radical (unpaired) electrons. The monoisotopic (exact) mass is 366 g/mol. The van der Waals surface area contributed by atoms with Crippen molar-refractivity contribution < 1.29 is 14.3 Å². The maximum atomic E-state index is 13.3. The van der Waals surface area contributed by atoms with Crippen LogP contribution in [0.4, 0.5) is 5.69 Å². The molecule has 1 saturated heterocycles. The number of benzene rings is 2. The largest absolute Gasteiger partial charge is 0.457 e. The Labute approximate surface area is 160 Å². The van der Waals surface area contributed by atoms with Gasteiger partial charge in [-0.3, -0.25) is 4.79 Å². The van der Waals surface area contributed by atoms with Gasteiger partial charge in [-0.15, -0.1) is 0 Å². The van der Waals surface area contributed by atoms with E-state index in [0.29, 0.717) is 22.9 Å². The van der Waals surface area contributed by atoms with Crippen LogP contribution in [0.1, 0.15) is 54.6 Å². The van der Waals surface area contributed by atoms with Crippen LogP contribution < -0.4 is 20.1 Å². The molecule has 0 aliphatic carbocycles. The Bertz CT molecular complexity index is 855. The predicted octanol–water partition coefficient (Wildman–Crippen LogP) is 3.87. The summed E-state index contributed by atoms with van der Waals surface area (Å²) in [6.45, 7) is 4.35. The van der Waals surface area contributed by atoms with E-state index in [4.69, 9.17) is 15.2 Å². The highest BCUT2D eigenvalue weighted by Crippen LogP contribution is 2.40. The second kappa shape index (κ2) is 7.24. The van der Waals surface area contributed by atoms with Gasteiger partial charge in [0.15, 0.2) is 5.78 Å². The van der Waals surface area contributed by atoms with Crippen LogP contribution in [-0.4, -0.2) is 24.8 Å². The highest BCUT2D eigenvalue weighted by Gasteiger charge is 2.31. The van der Waals surface area contributed by atoms with Crippen molar-refractivity contribution in [3.8, 4) is 11.5 Å². The third-order valence-electron chi connectivity index (χ3n) is 5.59. The summed E-state index contributed by atoms with van der Waals surface area (Å²) in [4.78, 5) is 15.5. The molecule has 5 rings (SSSR count). The number of ether oxygens (including phenoxy) is 2. The van der Waals surface area contributed by atoms with E-state index in [1.807, 2.05) is 30.3 Å². The molecule has 5 heteroatoms. The Morgan fingerprint density at radius 1 is 1.19 bits per heavy atom. The fourth-order valence-electron chi connectivity index (χ4n) is 4.24. The average Bonchev–Trinajstić information content (AvgIpc) is 2.70. The van der Waals surface area contributed by atoms with Crippen LogP contribution in [0, 0.1) is 0 Å². The lowest BCUT2D eigenvalue weighted by atomic mass is 9.92. The van der Waals surface area contributed by atoms with Crippen LogP contribution >= 0.6 is 0 Å². The molecule has 2 aromatic carbocycles. The molecule has 5 nitrogen and oxygen atoms in total. The molecule has 142 valence electrons. The van der Waals surface area contributed by atoms with E-state index in [1.165, 1.54) is 0 Å². The first-order valence-electron chi connectivity index (χ1n) is 9.70. The Balaban J connectivity index is 1.91. The summed E-state index contributed by atoms with van der Waals surface area (Å²) in [6, 6.07) is 11.3. The van der Waals surface area contributed by atoms with Crippen molar-refractivity contribution in [1.29, 1.82) is 0 Å². The van der Waals surface area contributed by atoms with Gasteiger partial charge in [-0.25, -0.2) is 0 Å². The fraction of sp³-hybridized carbons (Fsp3) is 0.409. The van der Waals surface area contributed by atoms with Gasteiger partial charge in [0.25, 0.3) is 0 Å². The van der Waals surface area contributed by atoms with Gasteiger partial charge >= 0.3 is 0 Å². The van der Waals surface area contributed by atoms with Gasteiger partial charge in [-0.1, -0.05) is 19.1 Å². The second-order valence-electron chi connectivity index (χ2n) is 7.31. The van der Waals surface area contributed by atoms with Crippen LogP contribution in [0.3, 0.4) is 0 Å². The molecule has 0 saturated carbocycles. The van der Waals surface area contributed by atoms with Gasteiger partial charge in [0.05, 0.1) is 11.9 Å². The number of ketones is 1. The summed E-state index contributed by atoms with van der Waals surface area (Å²) in [6.07, 6.45) is 3.77. The number of piperidine rings is 1. The maximum absolute atomic E-state index is 13.3. The molecular formula is C22H26N2O3. The highest BCUT2D eigenvalue weighted by molar-refractivity contribution is 6.11. The molecule has 2 N–H and O–H groups in total. The van der Waals surface area contributed by atoms with Gasteiger partial charge in [0, 0.05) is 17.2 Å². The molecule has 27 heavy (non-hydrogen) atoms. The second-order valence-corrected chi connectivity index (χ2v) is 7.31. The van der Waals surface area contributed by atoms with Crippen LogP contribution in [0.5, 0.6) is 11.5 Å². The van der Waals surface area contributed by atoms with E-state index in [-0.39, 0.29) is 18.7 Å². The topological polar surface area (TPSA) is 64.8 Å². The molecule has 2 aromatic rings. The molecule has 0 amide bonds. The molecular weight excluding hydrogens is 340 g/mol. The van der Waals surface area contributed by atoms with Crippen molar-refractivity contribution in [3.63, 3.8) is 0 Å². The summed E-state index contributed by atoms with van der Waals surface area (Å²) in [5, 5.41) is 0. The normalized spacial score (nSPS) is 22.0. The van der Waals surface area contributed by atoms with Gasteiger partial charge in [-0.2, -0.15) is 0 Å². The van der Waals surface area contributed by atoms with Crippen molar-refractivity contribution in [1.82, 2.24) is 0 Å². The SMILES string of the molecule is CCc1c2ccc(c1N1C(C)CCCC1N)OCOc1cccc(c1)C2=O. The molecule has 3 heterocycles. The van der Waals surface area contributed by atoms with Crippen LogP contribution in [0.25, 0.3) is 0 Å². The van der Waals surface area contributed by atoms with Crippen molar-refractivity contribution in [2.24, 2.45) is 5.73 Å². The minimum atomic E-state index is -0.0844. The third-order valence-corrected chi connectivity index (χ3v) is 5.59. The first-order valence-corrected chi connectivity index (χ1v) is 9.70. The van der Waals surface area contributed by atoms with Gasteiger partial charge < -0.3 is 20.1 Å². The number of fused-ring (bicyclic) bond motifs is 4. The van der Waals surface area contributed by atoms with Gasteiger partial charge in [-0.05, 0) is 62.4 Å². The Hall–Kier alpha value is -2.53. The minimum Gasteiger partial charge on any atom is -0.457 e. The molecule has 3 aliphatic rings. The molecule has 3 aliphatic heterocycles. The summed E-state index contributed by atoms with van der Waals surface area (Å²) in [7, 11) is 0. The van der Waals surface area contributed by atoms with E-state index in [0.717, 1.165) is 42.7 Å². The van der Waals surface area contributed by atoms with Crippen molar-refractivity contribution in [3.05, 3.63) is 53.1 Å². The number of hydrogen-bond acceptors (Lipinski definition) is 5. The molecule has 1 fully saturated rings. The van der Waals surface area contributed by atoms with Crippen LogP contribution in [0.2, 0.25) is 0 Å². The van der Waals surface area contributed by atoms with Crippen LogP contribution in [-0.2, 0) is 6.42 Å². The lowest BCUT2D eigenvalue weighted by molar-refractivity contribution is 0.103. The number of anilines is 1. The fourth-order valence-corrected chi connectivity index (χ4v) is 4.24. The van der Waals surface area contributed by atoms with Gasteiger partial charge in [0.1, 0.15) is 11.5 Å². The summed E-state index contributed by atoms with van der Waals surface area (Å²) in [5.41, 5.74) is 9.78. The average molecular weight is 366 g/mol. The standard InChI is InChI=1S/C22H26N2O3/c1-3-17-18-10-11-19(21(17)24-14(2)6-4-9-20(24)23)27-13-26-16-8-5-7-15(12-16)22(18)25/h5,7-8,10-12,14,20H,3-4,6,9,13,23H2,1-2H3. The zero-order chi connectivity index (χ0) is 19.0. The maximum Gasteiger partial charge on any atom is 0.230 e. The van der Waals surface area contributed by atoms with Gasteiger partial charge in [0.2, 0.25) is 6.79 Å². The van der Waals surface area contributed by atoms with Crippen LogP contribution in [0.15, 0.2) is 36.4 Å². The molecule has 0 aromatic heterocycles. The van der Waals surface area contributed by atoms with Crippen molar-refractivity contribution in [2.75, 3.05) is 11.7 Å². The third kappa shape index (κ3) is 3.16. The van der Waals surface area contributed by atoms with Crippen molar-refractivity contribution in [2.45, 2.75) is 51.7 Å². The number of nitrogens with zero attached hydrogens (tertiary/aromatic N) is 1. The van der Waals surface area contributed by atoms with E-state index in [9.17, 15) is 4.79 Å². The molecule has 0 spiro atoms. The van der Waals surface area contributed by atoms with Crippen molar-refractivity contribution >= 4 is 11.5 Å².